The number of Topliss-reactive ketones (excluding diaryl/α,β-unsaturated/α-hetero) is 1. The summed E-state index contributed by atoms with van der Waals surface area (Å²) in [4.78, 5) is 39.1. The molecule has 3 rings (SSSR count). The molecule has 3 aromatic carbocycles. The maximum Gasteiger partial charge on any atom is 0.265 e. The lowest BCUT2D eigenvalue weighted by Crippen LogP contribution is -2.35. The quantitative estimate of drug-likeness (QED) is 0.132. The zero-order valence-electron chi connectivity index (χ0n) is 26.9. The highest BCUT2D eigenvalue weighted by Gasteiger charge is 2.29. The van der Waals surface area contributed by atoms with Crippen molar-refractivity contribution in [2.45, 2.75) is 84.2 Å². The van der Waals surface area contributed by atoms with Crippen LogP contribution in [-0.2, 0) is 25.2 Å². The Labute approximate surface area is 266 Å². The molecule has 0 aliphatic rings. The van der Waals surface area contributed by atoms with Gasteiger partial charge in [0, 0.05) is 36.0 Å². The van der Waals surface area contributed by atoms with Crippen LogP contribution in [0.15, 0.2) is 66.7 Å². The standard InChI is InChI=1S/C36H45ClN2O5/c1-8-35(3,4)24-15-18-31(28(21-24)36(5,6)9-2)44-32(19-20-43-7)34(42)39-26-16-17-29(37)27(22-26)30(40)23-33(41)38-25-13-11-10-12-14-25/h10-18,21-22,32H,8-9,19-20,23H2,1-7H3,(H,38,41)(H,39,42). The minimum Gasteiger partial charge on any atom is -0.480 e. The highest BCUT2D eigenvalue weighted by Crippen LogP contribution is 2.39. The number of ketones is 1. The molecule has 0 bridgehead atoms. The number of halogens is 1. The third kappa shape index (κ3) is 9.16. The lowest BCUT2D eigenvalue weighted by atomic mass is 9.76. The summed E-state index contributed by atoms with van der Waals surface area (Å²) in [6.45, 7) is 13.4. The molecule has 0 saturated heterocycles. The van der Waals surface area contributed by atoms with Crippen LogP contribution in [0.5, 0.6) is 5.75 Å². The van der Waals surface area contributed by atoms with Crippen LogP contribution in [0.1, 0.15) is 88.7 Å². The van der Waals surface area contributed by atoms with Gasteiger partial charge in [-0.3, -0.25) is 14.4 Å². The fourth-order valence-corrected chi connectivity index (χ4v) is 4.83. The van der Waals surface area contributed by atoms with Gasteiger partial charge in [0.1, 0.15) is 5.75 Å². The third-order valence-electron chi connectivity index (χ3n) is 8.32. The van der Waals surface area contributed by atoms with E-state index in [-0.39, 0.29) is 27.3 Å². The Morgan fingerprint density at radius 1 is 0.841 bits per heavy atom. The second kappa shape index (κ2) is 15.4. The molecule has 0 aliphatic carbocycles. The highest BCUT2D eigenvalue weighted by atomic mass is 35.5. The molecule has 0 spiro atoms. The van der Waals surface area contributed by atoms with Crippen LogP contribution < -0.4 is 15.4 Å². The number of benzene rings is 3. The van der Waals surface area contributed by atoms with Crippen LogP contribution in [0.25, 0.3) is 0 Å². The van der Waals surface area contributed by atoms with Crippen LogP contribution in [0.3, 0.4) is 0 Å². The summed E-state index contributed by atoms with van der Waals surface area (Å²) in [7, 11) is 1.58. The van der Waals surface area contributed by atoms with Crippen molar-refractivity contribution in [3.05, 3.63) is 88.4 Å². The smallest absolute Gasteiger partial charge is 0.265 e. The number of carbonyl (C=O) groups excluding carboxylic acids is 3. The van der Waals surface area contributed by atoms with E-state index in [0.717, 1.165) is 18.4 Å². The summed E-state index contributed by atoms with van der Waals surface area (Å²) in [5.74, 6) is -0.657. The normalized spacial score (nSPS) is 12.4. The van der Waals surface area contributed by atoms with E-state index in [2.05, 4.69) is 64.3 Å². The van der Waals surface area contributed by atoms with Gasteiger partial charge in [-0.1, -0.05) is 83.5 Å². The van der Waals surface area contributed by atoms with Gasteiger partial charge in [0.15, 0.2) is 11.9 Å². The van der Waals surface area contributed by atoms with E-state index >= 15 is 0 Å². The summed E-state index contributed by atoms with van der Waals surface area (Å²) < 4.78 is 11.7. The minimum absolute atomic E-state index is 0.00409. The lowest BCUT2D eigenvalue weighted by Gasteiger charge is -2.31. The van der Waals surface area contributed by atoms with Crippen molar-refractivity contribution in [1.29, 1.82) is 0 Å². The van der Waals surface area contributed by atoms with Gasteiger partial charge >= 0.3 is 0 Å². The van der Waals surface area contributed by atoms with E-state index in [1.54, 1.807) is 37.4 Å². The van der Waals surface area contributed by atoms with Crippen LogP contribution in [0.4, 0.5) is 11.4 Å². The Morgan fingerprint density at radius 2 is 1.52 bits per heavy atom. The van der Waals surface area contributed by atoms with E-state index < -0.39 is 24.2 Å². The fraction of sp³-hybridized carbons (Fsp3) is 0.417. The lowest BCUT2D eigenvalue weighted by molar-refractivity contribution is -0.123. The fourth-order valence-electron chi connectivity index (χ4n) is 4.61. The molecule has 0 aromatic heterocycles. The molecule has 1 unspecified atom stereocenters. The van der Waals surface area contributed by atoms with Crippen LogP contribution in [0, 0.1) is 0 Å². The van der Waals surface area contributed by atoms with Crippen molar-refractivity contribution in [3.8, 4) is 5.75 Å². The zero-order valence-corrected chi connectivity index (χ0v) is 27.6. The first-order valence-electron chi connectivity index (χ1n) is 15.1. The van der Waals surface area contributed by atoms with Gasteiger partial charge in [-0.05, 0) is 65.6 Å². The van der Waals surface area contributed by atoms with Crippen LogP contribution in [-0.4, -0.2) is 37.4 Å². The molecule has 3 aromatic rings. The second-order valence-corrected chi connectivity index (χ2v) is 12.7. The molecule has 1 atom stereocenters. The summed E-state index contributed by atoms with van der Waals surface area (Å²) >= 11 is 6.33. The zero-order chi connectivity index (χ0) is 32.5. The minimum atomic E-state index is -0.863. The third-order valence-corrected chi connectivity index (χ3v) is 8.65. The van der Waals surface area contributed by atoms with Crippen molar-refractivity contribution in [2.75, 3.05) is 24.4 Å². The molecule has 44 heavy (non-hydrogen) atoms. The van der Waals surface area contributed by atoms with Gasteiger partial charge < -0.3 is 20.1 Å². The Balaban J connectivity index is 1.83. The van der Waals surface area contributed by atoms with Crippen molar-refractivity contribution in [3.63, 3.8) is 0 Å². The number of anilines is 2. The molecule has 2 N–H and O–H groups in total. The number of nitrogens with one attached hydrogen (secondary N) is 2. The van der Waals surface area contributed by atoms with Gasteiger partial charge in [-0.15, -0.1) is 0 Å². The van der Waals surface area contributed by atoms with Crippen molar-refractivity contribution < 1.29 is 23.9 Å². The Hall–Kier alpha value is -3.68. The van der Waals surface area contributed by atoms with E-state index in [0.29, 0.717) is 30.2 Å². The van der Waals surface area contributed by atoms with E-state index in [4.69, 9.17) is 21.1 Å². The monoisotopic (exact) mass is 620 g/mol. The molecule has 8 heteroatoms. The Bertz CT molecular complexity index is 1450. The largest absolute Gasteiger partial charge is 0.480 e. The SMILES string of the molecule is CCC(C)(C)c1ccc(OC(CCOC)C(=O)Nc2ccc(Cl)c(C(=O)CC(=O)Nc3ccccc3)c2)c(C(C)(C)CC)c1. The molecule has 0 fully saturated rings. The van der Waals surface area contributed by atoms with E-state index in [1.807, 2.05) is 12.1 Å². The first kappa shape index (κ1) is 34.8. The second-order valence-electron chi connectivity index (χ2n) is 12.3. The molecular formula is C36H45ClN2O5. The molecule has 0 aliphatic heterocycles. The number of carbonyl (C=O) groups is 3. The van der Waals surface area contributed by atoms with E-state index in [1.165, 1.54) is 17.7 Å². The maximum atomic E-state index is 13.6. The topological polar surface area (TPSA) is 93.7 Å². The summed E-state index contributed by atoms with van der Waals surface area (Å²) in [6.07, 6.45) is 0.931. The number of hydrogen-bond donors (Lipinski definition) is 2. The summed E-state index contributed by atoms with van der Waals surface area (Å²) in [5, 5.41) is 5.76. The summed E-state index contributed by atoms with van der Waals surface area (Å²) in [6, 6.07) is 19.8. The van der Waals surface area contributed by atoms with Crippen molar-refractivity contribution in [1.82, 2.24) is 0 Å². The van der Waals surface area contributed by atoms with Gasteiger partial charge in [0.05, 0.1) is 18.1 Å². The first-order valence-corrected chi connectivity index (χ1v) is 15.5. The molecule has 2 amide bonds. The number of para-hydroxylation sites is 1. The van der Waals surface area contributed by atoms with E-state index in [9.17, 15) is 14.4 Å². The summed E-state index contributed by atoms with van der Waals surface area (Å²) in [5.41, 5.74) is 3.18. The Kier molecular flexibility index (Phi) is 12.1. The molecule has 236 valence electrons. The number of ether oxygens (including phenoxy) is 2. The Morgan fingerprint density at radius 3 is 2.16 bits per heavy atom. The highest BCUT2D eigenvalue weighted by molar-refractivity contribution is 6.34. The van der Waals surface area contributed by atoms with Crippen LogP contribution in [0.2, 0.25) is 5.02 Å². The predicted molar refractivity (Wildman–Crippen MR) is 178 cm³/mol. The average Bonchev–Trinajstić information content (AvgIpc) is 3.00. The average molecular weight is 621 g/mol. The molecule has 0 saturated carbocycles. The number of rotatable bonds is 15. The molecule has 7 nitrogen and oxygen atoms in total. The molecular weight excluding hydrogens is 576 g/mol. The van der Waals surface area contributed by atoms with Crippen molar-refractivity contribution >= 4 is 40.6 Å². The first-order chi connectivity index (χ1) is 20.8. The van der Waals surface area contributed by atoms with Gasteiger partial charge in [-0.25, -0.2) is 0 Å². The number of amides is 2. The number of methoxy groups -OCH3 is 1. The predicted octanol–water partition coefficient (Wildman–Crippen LogP) is 8.35. The maximum absolute atomic E-state index is 13.6. The van der Waals surface area contributed by atoms with Crippen molar-refractivity contribution in [2.24, 2.45) is 0 Å². The van der Waals surface area contributed by atoms with Crippen LogP contribution >= 0.6 is 11.6 Å². The van der Waals surface area contributed by atoms with Gasteiger partial charge in [0.25, 0.3) is 5.91 Å². The number of hydrogen-bond acceptors (Lipinski definition) is 5. The van der Waals surface area contributed by atoms with Gasteiger partial charge in [-0.2, -0.15) is 0 Å². The molecule has 0 radical (unpaired) electrons. The molecule has 0 heterocycles. The van der Waals surface area contributed by atoms with Gasteiger partial charge in [0.2, 0.25) is 5.91 Å².